The van der Waals surface area contributed by atoms with Crippen molar-refractivity contribution in [2.45, 2.75) is 37.0 Å². The van der Waals surface area contributed by atoms with Crippen molar-refractivity contribution in [2.75, 3.05) is 12.8 Å². The van der Waals surface area contributed by atoms with E-state index in [4.69, 9.17) is 5.73 Å². The van der Waals surface area contributed by atoms with E-state index in [1.165, 1.54) is 0 Å². The molecular formula is C9H18N2OS. The van der Waals surface area contributed by atoms with Crippen molar-refractivity contribution >= 4 is 17.7 Å². The van der Waals surface area contributed by atoms with Gasteiger partial charge in [0.2, 0.25) is 5.91 Å². The molecule has 1 atom stereocenters. The van der Waals surface area contributed by atoms with Gasteiger partial charge in [-0.05, 0) is 25.5 Å². The van der Waals surface area contributed by atoms with Gasteiger partial charge in [0, 0.05) is 11.8 Å². The Morgan fingerprint density at radius 2 is 2.31 bits per heavy atom. The van der Waals surface area contributed by atoms with Gasteiger partial charge in [0.05, 0.1) is 5.54 Å². The number of carbonyl (C=O) groups is 1. The van der Waals surface area contributed by atoms with Gasteiger partial charge in [0.25, 0.3) is 0 Å². The van der Waals surface area contributed by atoms with Gasteiger partial charge in [-0.25, -0.2) is 0 Å². The number of hydrogen-bond donors (Lipinski definition) is 2. The molecule has 3 N–H and O–H groups in total. The minimum Gasteiger partial charge on any atom is -0.354 e. The highest BCUT2D eigenvalue weighted by molar-refractivity contribution is 7.99. The highest BCUT2D eigenvalue weighted by atomic mass is 32.2. The SMILES string of the molecule is CSC(C)CCNC(=O)C1(N)CC1. The lowest BCUT2D eigenvalue weighted by Crippen LogP contribution is -2.43. The van der Waals surface area contributed by atoms with Crippen LogP contribution in [0.3, 0.4) is 0 Å². The highest BCUT2D eigenvalue weighted by Gasteiger charge is 2.45. The smallest absolute Gasteiger partial charge is 0.240 e. The second-order valence-electron chi connectivity index (χ2n) is 3.75. The Labute approximate surface area is 83.8 Å². The molecule has 0 spiro atoms. The largest absolute Gasteiger partial charge is 0.354 e. The molecule has 0 saturated heterocycles. The van der Waals surface area contributed by atoms with Gasteiger partial charge in [-0.2, -0.15) is 11.8 Å². The second kappa shape index (κ2) is 4.33. The molecule has 1 amide bonds. The number of amides is 1. The van der Waals surface area contributed by atoms with Crippen molar-refractivity contribution in [3.05, 3.63) is 0 Å². The lowest BCUT2D eigenvalue weighted by atomic mass is 10.2. The van der Waals surface area contributed by atoms with Crippen LogP contribution >= 0.6 is 11.8 Å². The average Bonchev–Trinajstić information content (AvgIpc) is 2.84. The lowest BCUT2D eigenvalue weighted by Gasteiger charge is -2.12. The molecule has 0 aromatic heterocycles. The van der Waals surface area contributed by atoms with Gasteiger partial charge in [-0.1, -0.05) is 6.92 Å². The maximum absolute atomic E-state index is 11.4. The van der Waals surface area contributed by atoms with Crippen LogP contribution in [0.5, 0.6) is 0 Å². The number of nitrogens with two attached hydrogens (primary N) is 1. The van der Waals surface area contributed by atoms with Crippen molar-refractivity contribution in [1.82, 2.24) is 5.32 Å². The molecule has 3 nitrogen and oxygen atoms in total. The molecule has 1 aliphatic rings. The summed E-state index contributed by atoms with van der Waals surface area (Å²) in [4.78, 5) is 11.4. The van der Waals surface area contributed by atoms with Gasteiger partial charge in [0.1, 0.15) is 0 Å². The van der Waals surface area contributed by atoms with Crippen molar-refractivity contribution in [3.8, 4) is 0 Å². The predicted molar refractivity (Wildman–Crippen MR) is 56.8 cm³/mol. The third-order valence-corrected chi connectivity index (χ3v) is 3.52. The van der Waals surface area contributed by atoms with Crippen LogP contribution in [0.2, 0.25) is 0 Å². The Morgan fingerprint density at radius 3 is 2.77 bits per heavy atom. The number of carbonyl (C=O) groups excluding carboxylic acids is 1. The second-order valence-corrected chi connectivity index (χ2v) is 5.02. The standard InChI is InChI=1S/C9H18N2OS/c1-7(13-2)3-6-11-8(12)9(10)4-5-9/h7H,3-6,10H2,1-2H3,(H,11,12). The summed E-state index contributed by atoms with van der Waals surface area (Å²) in [6.07, 6.45) is 4.79. The molecule has 0 radical (unpaired) electrons. The molecule has 0 aromatic carbocycles. The summed E-state index contributed by atoms with van der Waals surface area (Å²) >= 11 is 1.82. The van der Waals surface area contributed by atoms with Crippen LogP contribution in [0.1, 0.15) is 26.2 Å². The van der Waals surface area contributed by atoms with Gasteiger partial charge in [-0.3, -0.25) is 4.79 Å². The van der Waals surface area contributed by atoms with Crippen LogP contribution in [0.15, 0.2) is 0 Å². The van der Waals surface area contributed by atoms with Gasteiger partial charge >= 0.3 is 0 Å². The minimum absolute atomic E-state index is 0.0285. The number of hydrogen-bond acceptors (Lipinski definition) is 3. The molecule has 13 heavy (non-hydrogen) atoms. The molecule has 0 heterocycles. The molecule has 1 fully saturated rings. The summed E-state index contributed by atoms with van der Waals surface area (Å²) in [5.74, 6) is 0.0285. The van der Waals surface area contributed by atoms with Gasteiger partial charge < -0.3 is 11.1 Å². The maximum Gasteiger partial charge on any atom is 0.240 e. The van der Waals surface area contributed by atoms with Crippen LogP contribution in [-0.4, -0.2) is 29.5 Å². The van der Waals surface area contributed by atoms with Crippen LogP contribution < -0.4 is 11.1 Å². The third kappa shape index (κ3) is 3.19. The summed E-state index contributed by atoms with van der Waals surface area (Å²) in [5, 5.41) is 3.48. The normalized spacial score (nSPS) is 20.8. The first kappa shape index (κ1) is 10.9. The summed E-state index contributed by atoms with van der Waals surface area (Å²) in [5.41, 5.74) is 5.21. The van der Waals surface area contributed by atoms with E-state index in [0.717, 1.165) is 25.8 Å². The Morgan fingerprint density at radius 1 is 1.69 bits per heavy atom. The van der Waals surface area contributed by atoms with Crippen molar-refractivity contribution in [1.29, 1.82) is 0 Å². The molecule has 1 aliphatic carbocycles. The molecule has 0 aliphatic heterocycles. The maximum atomic E-state index is 11.4. The van der Waals surface area contributed by atoms with E-state index in [1.807, 2.05) is 11.8 Å². The molecule has 4 heteroatoms. The number of thioether (sulfide) groups is 1. The first-order valence-corrected chi connectivity index (χ1v) is 5.97. The first-order chi connectivity index (χ1) is 6.08. The van der Waals surface area contributed by atoms with E-state index in [0.29, 0.717) is 5.25 Å². The molecule has 0 aromatic rings. The lowest BCUT2D eigenvalue weighted by molar-refractivity contribution is -0.123. The van der Waals surface area contributed by atoms with Gasteiger partial charge in [-0.15, -0.1) is 0 Å². The predicted octanol–water partition coefficient (Wildman–Crippen LogP) is 0.735. The van der Waals surface area contributed by atoms with E-state index in [1.54, 1.807) is 0 Å². The Balaban J connectivity index is 2.09. The molecule has 1 saturated carbocycles. The monoisotopic (exact) mass is 202 g/mol. The molecular weight excluding hydrogens is 184 g/mol. The molecule has 1 rings (SSSR count). The highest BCUT2D eigenvalue weighted by Crippen LogP contribution is 2.32. The van der Waals surface area contributed by atoms with E-state index in [-0.39, 0.29) is 5.91 Å². The zero-order valence-corrected chi connectivity index (χ0v) is 9.12. The third-order valence-electron chi connectivity index (χ3n) is 2.48. The molecule has 76 valence electrons. The zero-order valence-electron chi connectivity index (χ0n) is 8.30. The van der Waals surface area contributed by atoms with Gasteiger partial charge in [0.15, 0.2) is 0 Å². The zero-order chi connectivity index (χ0) is 9.90. The fraction of sp³-hybridized carbons (Fsp3) is 0.889. The van der Waals surface area contributed by atoms with E-state index in [2.05, 4.69) is 18.5 Å². The van der Waals surface area contributed by atoms with E-state index < -0.39 is 5.54 Å². The summed E-state index contributed by atoms with van der Waals surface area (Å²) in [6.45, 7) is 2.91. The first-order valence-electron chi connectivity index (χ1n) is 4.68. The van der Waals surface area contributed by atoms with Crippen LogP contribution in [0.25, 0.3) is 0 Å². The fourth-order valence-electron chi connectivity index (χ4n) is 1.04. The van der Waals surface area contributed by atoms with Crippen molar-refractivity contribution in [3.63, 3.8) is 0 Å². The van der Waals surface area contributed by atoms with Crippen molar-refractivity contribution in [2.24, 2.45) is 5.73 Å². The average molecular weight is 202 g/mol. The molecule has 1 unspecified atom stereocenters. The quantitative estimate of drug-likeness (QED) is 0.691. The number of nitrogens with one attached hydrogen (secondary N) is 1. The van der Waals surface area contributed by atoms with E-state index >= 15 is 0 Å². The summed E-state index contributed by atoms with van der Waals surface area (Å²) < 4.78 is 0. The van der Waals surface area contributed by atoms with Crippen LogP contribution in [-0.2, 0) is 4.79 Å². The number of rotatable bonds is 5. The summed E-state index contributed by atoms with van der Waals surface area (Å²) in [7, 11) is 0. The minimum atomic E-state index is -0.511. The Kier molecular flexibility index (Phi) is 3.62. The molecule has 0 bridgehead atoms. The van der Waals surface area contributed by atoms with Crippen molar-refractivity contribution < 1.29 is 4.79 Å². The van der Waals surface area contributed by atoms with E-state index in [9.17, 15) is 4.79 Å². The van der Waals surface area contributed by atoms with Crippen LogP contribution in [0.4, 0.5) is 0 Å². The van der Waals surface area contributed by atoms with Crippen LogP contribution in [0, 0.1) is 0 Å². The fourth-order valence-corrected chi connectivity index (χ4v) is 1.40. The Hall–Kier alpha value is -0.220. The summed E-state index contributed by atoms with van der Waals surface area (Å²) in [6, 6.07) is 0. The topological polar surface area (TPSA) is 55.1 Å². The Bertz CT molecular complexity index is 192.